The summed E-state index contributed by atoms with van der Waals surface area (Å²) in [5, 5.41) is 14.3. The Morgan fingerprint density at radius 2 is 2.05 bits per heavy atom. The molecule has 2 aliphatic heterocycles. The fourth-order valence-corrected chi connectivity index (χ4v) is 2.51. The smallest absolute Gasteiger partial charge is 0.332 e. The van der Waals surface area contributed by atoms with Gasteiger partial charge in [0.05, 0.1) is 6.10 Å². The van der Waals surface area contributed by atoms with Crippen molar-refractivity contribution in [2.24, 2.45) is 5.92 Å². The zero-order valence-corrected chi connectivity index (χ0v) is 11.5. The third kappa shape index (κ3) is 4.64. The number of hydrogen-bond acceptors (Lipinski definition) is 4. The average molecular weight is 286 g/mol. The van der Waals surface area contributed by atoms with E-state index in [1.807, 2.05) is 0 Å². The van der Waals surface area contributed by atoms with Crippen LogP contribution in [0, 0.1) is 5.92 Å². The lowest BCUT2D eigenvalue weighted by molar-refractivity contribution is -0.149. The molecule has 20 heavy (non-hydrogen) atoms. The zero-order valence-electron chi connectivity index (χ0n) is 11.5. The number of rotatable bonds is 6. The van der Waals surface area contributed by atoms with Gasteiger partial charge in [0, 0.05) is 26.3 Å². The highest BCUT2D eigenvalue weighted by Crippen LogP contribution is 2.19. The van der Waals surface area contributed by atoms with Gasteiger partial charge in [-0.05, 0) is 31.6 Å². The Morgan fingerprint density at radius 3 is 2.70 bits per heavy atom. The molecule has 0 saturated carbocycles. The van der Waals surface area contributed by atoms with Crippen molar-refractivity contribution in [1.29, 1.82) is 0 Å². The van der Waals surface area contributed by atoms with Crippen molar-refractivity contribution < 1.29 is 24.2 Å². The van der Waals surface area contributed by atoms with E-state index in [-0.39, 0.29) is 12.1 Å². The molecular weight excluding hydrogens is 264 g/mol. The summed E-state index contributed by atoms with van der Waals surface area (Å²) < 4.78 is 10.6. The number of ether oxygens (including phenoxy) is 2. The number of carbonyl (C=O) groups is 2. The van der Waals surface area contributed by atoms with E-state index in [4.69, 9.17) is 14.6 Å². The number of carboxylic acids is 1. The topological polar surface area (TPSA) is 96.9 Å². The minimum Gasteiger partial charge on any atom is -0.479 e. The molecule has 3 unspecified atom stereocenters. The summed E-state index contributed by atoms with van der Waals surface area (Å²) in [7, 11) is 0. The minimum atomic E-state index is -0.935. The normalized spacial score (nSPS) is 29.3. The molecule has 0 radical (unpaired) electrons. The van der Waals surface area contributed by atoms with E-state index in [1.165, 1.54) is 0 Å². The van der Waals surface area contributed by atoms with Crippen LogP contribution < -0.4 is 10.6 Å². The van der Waals surface area contributed by atoms with Crippen molar-refractivity contribution in [2.45, 2.75) is 37.9 Å². The van der Waals surface area contributed by atoms with E-state index >= 15 is 0 Å². The first-order valence-electron chi connectivity index (χ1n) is 7.13. The van der Waals surface area contributed by atoms with Gasteiger partial charge in [-0.1, -0.05) is 0 Å². The highest BCUT2D eigenvalue weighted by molar-refractivity contribution is 5.74. The molecule has 2 rings (SSSR count). The molecular formula is C13H22N2O5. The van der Waals surface area contributed by atoms with Crippen molar-refractivity contribution in [1.82, 2.24) is 10.6 Å². The number of hydrogen-bond donors (Lipinski definition) is 3. The summed E-state index contributed by atoms with van der Waals surface area (Å²) >= 11 is 0. The molecule has 2 saturated heterocycles. The fraction of sp³-hybridized carbons (Fsp3) is 0.846. The fourth-order valence-electron chi connectivity index (χ4n) is 2.51. The van der Waals surface area contributed by atoms with Gasteiger partial charge in [-0.25, -0.2) is 9.59 Å². The van der Waals surface area contributed by atoms with Crippen LogP contribution >= 0.6 is 0 Å². The first-order chi connectivity index (χ1) is 9.65. The lowest BCUT2D eigenvalue weighted by Crippen LogP contribution is -2.40. The van der Waals surface area contributed by atoms with E-state index < -0.39 is 12.1 Å². The van der Waals surface area contributed by atoms with Gasteiger partial charge in [-0.3, -0.25) is 0 Å². The number of carboxylic acid groups (broad SMARTS) is 1. The molecule has 3 atom stereocenters. The highest BCUT2D eigenvalue weighted by atomic mass is 16.5. The van der Waals surface area contributed by atoms with Crippen LogP contribution in [0.5, 0.6) is 0 Å². The Labute approximate surface area is 118 Å². The average Bonchev–Trinajstić information content (AvgIpc) is 3.07. The first kappa shape index (κ1) is 15.1. The Bertz CT molecular complexity index is 344. The van der Waals surface area contributed by atoms with Crippen molar-refractivity contribution in [3.05, 3.63) is 0 Å². The van der Waals surface area contributed by atoms with Crippen LogP contribution in [0.4, 0.5) is 4.79 Å². The quantitative estimate of drug-likeness (QED) is 0.654. The van der Waals surface area contributed by atoms with Crippen LogP contribution in [0.2, 0.25) is 0 Å². The van der Waals surface area contributed by atoms with Gasteiger partial charge < -0.3 is 25.2 Å². The second-order valence-corrected chi connectivity index (χ2v) is 5.32. The predicted octanol–water partition coefficient (Wildman–Crippen LogP) is 0.344. The van der Waals surface area contributed by atoms with Crippen molar-refractivity contribution in [3.8, 4) is 0 Å². The second kappa shape index (κ2) is 7.44. The highest BCUT2D eigenvalue weighted by Gasteiger charge is 2.30. The molecule has 0 spiro atoms. The van der Waals surface area contributed by atoms with Crippen LogP contribution in [0.1, 0.15) is 25.7 Å². The summed E-state index contributed by atoms with van der Waals surface area (Å²) in [6.07, 6.45) is 2.23. The molecule has 0 bridgehead atoms. The summed E-state index contributed by atoms with van der Waals surface area (Å²) in [6, 6.07) is -0.230. The van der Waals surface area contributed by atoms with E-state index in [2.05, 4.69) is 10.6 Å². The molecule has 0 aliphatic carbocycles. The number of urea groups is 1. The van der Waals surface area contributed by atoms with Crippen molar-refractivity contribution in [3.63, 3.8) is 0 Å². The van der Waals surface area contributed by atoms with Gasteiger partial charge in [0.2, 0.25) is 0 Å². The summed E-state index contributed by atoms with van der Waals surface area (Å²) in [5.41, 5.74) is 0. The van der Waals surface area contributed by atoms with Gasteiger partial charge in [-0.15, -0.1) is 0 Å². The lowest BCUT2D eigenvalue weighted by atomic mass is 10.1. The molecule has 7 nitrogen and oxygen atoms in total. The van der Waals surface area contributed by atoms with Crippen molar-refractivity contribution in [2.75, 3.05) is 26.3 Å². The number of amides is 2. The molecule has 2 amide bonds. The molecule has 2 fully saturated rings. The second-order valence-electron chi connectivity index (χ2n) is 5.32. The van der Waals surface area contributed by atoms with Crippen molar-refractivity contribution >= 4 is 12.0 Å². The maximum absolute atomic E-state index is 11.6. The molecule has 114 valence electrons. The molecule has 0 aromatic rings. The maximum atomic E-state index is 11.6. The Hall–Kier alpha value is -1.34. The van der Waals surface area contributed by atoms with Crippen LogP contribution in [-0.4, -0.2) is 55.6 Å². The Balaban J connectivity index is 1.53. The lowest BCUT2D eigenvalue weighted by Gasteiger charge is -2.13. The molecule has 0 aromatic heterocycles. The molecule has 3 N–H and O–H groups in total. The third-order valence-corrected chi connectivity index (χ3v) is 3.74. The van der Waals surface area contributed by atoms with Gasteiger partial charge in [0.1, 0.15) is 0 Å². The molecule has 2 aliphatic rings. The van der Waals surface area contributed by atoms with E-state index in [1.54, 1.807) is 0 Å². The Morgan fingerprint density at radius 1 is 1.20 bits per heavy atom. The van der Waals surface area contributed by atoms with Crippen LogP contribution in [-0.2, 0) is 14.3 Å². The number of carbonyl (C=O) groups excluding carboxylic acids is 1. The monoisotopic (exact) mass is 286 g/mol. The third-order valence-electron chi connectivity index (χ3n) is 3.74. The first-order valence-corrected chi connectivity index (χ1v) is 7.13. The van der Waals surface area contributed by atoms with E-state index in [9.17, 15) is 9.59 Å². The predicted molar refractivity (Wildman–Crippen MR) is 70.5 cm³/mol. The molecule has 2 heterocycles. The number of aliphatic carboxylic acids is 1. The Kier molecular flexibility index (Phi) is 5.60. The van der Waals surface area contributed by atoms with Crippen LogP contribution in [0.25, 0.3) is 0 Å². The zero-order chi connectivity index (χ0) is 14.4. The number of nitrogens with one attached hydrogen (secondary N) is 2. The minimum absolute atomic E-state index is 0.204. The van der Waals surface area contributed by atoms with E-state index in [0.29, 0.717) is 31.8 Å². The summed E-state index contributed by atoms with van der Waals surface area (Å²) in [6.45, 7) is 2.59. The SMILES string of the molecule is O=C(NCCC1CCOC1)NCC1CCC(C(=O)O)O1. The molecule has 7 heteroatoms. The summed E-state index contributed by atoms with van der Waals surface area (Å²) in [4.78, 5) is 22.3. The van der Waals surface area contributed by atoms with Gasteiger partial charge in [-0.2, -0.15) is 0 Å². The van der Waals surface area contributed by atoms with Gasteiger partial charge in [0.25, 0.3) is 0 Å². The van der Waals surface area contributed by atoms with E-state index in [0.717, 1.165) is 26.1 Å². The maximum Gasteiger partial charge on any atom is 0.332 e. The standard InChI is InChI=1S/C13H22N2O5/c16-12(17)11-2-1-10(20-11)7-15-13(18)14-5-3-9-4-6-19-8-9/h9-11H,1-8H2,(H,16,17)(H2,14,15,18). The molecule has 0 aromatic carbocycles. The van der Waals surface area contributed by atoms with Crippen LogP contribution in [0.15, 0.2) is 0 Å². The summed E-state index contributed by atoms with van der Waals surface area (Å²) in [5.74, 6) is -0.388. The van der Waals surface area contributed by atoms with Gasteiger partial charge in [0.15, 0.2) is 6.10 Å². The van der Waals surface area contributed by atoms with Crippen LogP contribution in [0.3, 0.4) is 0 Å². The largest absolute Gasteiger partial charge is 0.479 e. The van der Waals surface area contributed by atoms with Gasteiger partial charge >= 0.3 is 12.0 Å².